The predicted octanol–water partition coefficient (Wildman–Crippen LogP) is 0.192. The Bertz CT molecular complexity index is 120. The average molecular weight is 254 g/mol. The maximum Gasteiger partial charge on any atom is 0.106 e. The summed E-state index contributed by atoms with van der Waals surface area (Å²) in [6, 6.07) is 0. The van der Waals surface area contributed by atoms with Gasteiger partial charge in [-0.2, -0.15) is 0 Å². The molecule has 0 aliphatic rings. The smallest absolute Gasteiger partial charge is 0.106 e. The zero-order chi connectivity index (χ0) is 12.6. The quantitative estimate of drug-likeness (QED) is 0.249. The molecule has 7 nitrogen and oxygen atoms in total. The van der Waals surface area contributed by atoms with E-state index in [4.69, 9.17) is 14.2 Å². The first kappa shape index (κ1) is 16.7. The van der Waals surface area contributed by atoms with Crippen molar-refractivity contribution in [2.75, 3.05) is 67.1 Å². The molecule has 0 aromatic heterocycles. The molecule has 0 aliphatic heterocycles. The Hall–Kier alpha value is -0.280. The monoisotopic (exact) mass is 254 g/mol. The van der Waals surface area contributed by atoms with Gasteiger partial charge in [-0.3, -0.25) is 0 Å². The molecule has 0 heterocycles. The summed E-state index contributed by atoms with van der Waals surface area (Å²) in [5, 5.41) is 0. The molecule has 0 saturated carbocycles. The Labute approximate surface area is 102 Å². The normalized spacial score (nSPS) is 10.9. The number of ether oxygens (including phenoxy) is 3. The Morgan fingerprint density at radius 1 is 0.471 bits per heavy atom. The van der Waals surface area contributed by atoms with Crippen molar-refractivity contribution in [1.29, 1.82) is 0 Å². The number of hydrogen-bond donors (Lipinski definition) is 0. The molecule has 0 aromatic carbocycles. The average Bonchev–Trinajstić information content (AvgIpc) is 2.35. The fraction of sp³-hybridized carbons (Fsp3) is 1.00. The highest BCUT2D eigenvalue weighted by molar-refractivity contribution is 4.33. The van der Waals surface area contributed by atoms with Crippen molar-refractivity contribution in [2.24, 2.45) is 0 Å². The first-order valence-electron chi connectivity index (χ1n) is 5.46. The predicted molar refractivity (Wildman–Crippen MR) is 58.4 cm³/mol. The van der Waals surface area contributed by atoms with E-state index in [-0.39, 0.29) is 0 Å². The van der Waals surface area contributed by atoms with E-state index in [1.54, 1.807) is 0 Å². The van der Waals surface area contributed by atoms with Crippen LogP contribution in [0.25, 0.3) is 0 Å². The van der Waals surface area contributed by atoms with E-state index < -0.39 is 0 Å². The second kappa shape index (κ2) is 15.7. The van der Waals surface area contributed by atoms with Gasteiger partial charge < -0.3 is 14.2 Å². The molecule has 0 N–H and O–H groups in total. The molecule has 0 radical (unpaired) electrons. The maximum absolute atomic E-state index is 5.25. The van der Waals surface area contributed by atoms with Crippen LogP contribution < -0.4 is 0 Å². The second-order valence-electron chi connectivity index (χ2n) is 2.81. The van der Waals surface area contributed by atoms with Gasteiger partial charge in [0.15, 0.2) is 0 Å². The van der Waals surface area contributed by atoms with Gasteiger partial charge in [0.2, 0.25) is 0 Å². The van der Waals surface area contributed by atoms with Crippen LogP contribution in [0.2, 0.25) is 0 Å². The summed E-state index contributed by atoms with van der Waals surface area (Å²) in [6.07, 6.45) is 0. The summed E-state index contributed by atoms with van der Waals surface area (Å²) >= 11 is 0. The first-order valence-corrected chi connectivity index (χ1v) is 5.46. The molecule has 0 saturated heterocycles. The van der Waals surface area contributed by atoms with E-state index in [1.165, 1.54) is 14.2 Å². The van der Waals surface area contributed by atoms with E-state index in [9.17, 15) is 0 Å². The lowest BCUT2D eigenvalue weighted by Crippen LogP contribution is -2.13. The summed E-state index contributed by atoms with van der Waals surface area (Å²) in [7, 11) is 2.92. The van der Waals surface area contributed by atoms with Crippen LogP contribution in [0.3, 0.4) is 0 Å². The summed E-state index contributed by atoms with van der Waals surface area (Å²) in [6.45, 7) is 3.93. The second-order valence-corrected chi connectivity index (χ2v) is 2.81. The third kappa shape index (κ3) is 15.7. The molecule has 0 amide bonds. The Balaban J connectivity index is 2.85. The van der Waals surface area contributed by atoms with Gasteiger partial charge in [0, 0.05) is 0 Å². The van der Waals surface area contributed by atoms with E-state index in [0.29, 0.717) is 52.9 Å². The topological polar surface area (TPSA) is 64.6 Å². The lowest BCUT2D eigenvalue weighted by molar-refractivity contribution is -0.278. The minimum absolute atomic E-state index is 0.416. The lowest BCUT2D eigenvalue weighted by Gasteiger charge is -2.06. The van der Waals surface area contributed by atoms with Crippen molar-refractivity contribution in [3.63, 3.8) is 0 Å². The van der Waals surface area contributed by atoms with Gasteiger partial charge in [-0.15, -0.1) is 0 Å². The fourth-order valence-electron chi connectivity index (χ4n) is 0.894. The van der Waals surface area contributed by atoms with E-state index in [1.807, 2.05) is 0 Å². The van der Waals surface area contributed by atoms with Gasteiger partial charge >= 0.3 is 0 Å². The van der Waals surface area contributed by atoms with Crippen molar-refractivity contribution < 1.29 is 33.8 Å². The molecule has 17 heavy (non-hydrogen) atoms. The Morgan fingerprint density at radius 2 is 0.765 bits per heavy atom. The molecule has 0 aliphatic carbocycles. The third-order valence-electron chi connectivity index (χ3n) is 1.60. The summed E-state index contributed by atoms with van der Waals surface area (Å²) < 4.78 is 15.6. The van der Waals surface area contributed by atoms with Gasteiger partial charge in [-0.05, 0) is 0 Å². The molecule has 0 spiro atoms. The molecule has 7 heteroatoms. The van der Waals surface area contributed by atoms with Crippen molar-refractivity contribution in [3.8, 4) is 0 Å². The van der Waals surface area contributed by atoms with Crippen LogP contribution in [0.1, 0.15) is 0 Å². The van der Waals surface area contributed by atoms with Crippen LogP contribution in [0.4, 0.5) is 0 Å². The van der Waals surface area contributed by atoms with E-state index in [2.05, 4.69) is 19.6 Å². The largest absolute Gasteiger partial charge is 0.377 e. The zero-order valence-corrected chi connectivity index (χ0v) is 10.5. The third-order valence-corrected chi connectivity index (χ3v) is 1.60. The van der Waals surface area contributed by atoms with Crippen LogP contribution in [0, 0.1) is 0 Å². The van der Waals surface area contributed by atoms with E-state index in [0.717, 1.165) is 0 Å². The molecule has 0 bridgehead atoms. The highest BCUT2D eigenvalue weighted by Gasteiger charge is 1.92. The van der Waals surface area contributed by atoms with Crippen LogP contribution in [0.15, 0.2) is 0 Å². The molecule has 0 aromatic rings. The molecule has 0 atom stereocenters. The Morgan fingerprint density at radius 3 is 1.06 bits per heavy atom. The van der Waals surface area contributed by atoms with Gasteiger partial charge in [0.1, 0.15) is 13.2 Å². The SMILES string of the molecule is COOCCOCCOCCOCCOOC. The Kier molecular flexibility index (Phi) is 15.5. The van der Waals surface area contributed by atoms with E-state index >= 15 is 0 Å². The summed E-state index contributed by atoms with van der Waals surface area (Å²) in [5.74, 6) is 0. The zero-order valence-electron chi connectivity index (χ0n) is 10.5. The first-order chi connectivity index (χ1) is 8.41. The van der Waals surface area contributed by atoms with Gasteiger partial charge in [-0.25, -0.2) is 19.6 Å². The number of hydrogen-bond acceptors (Lipinski definition) is 7. The van der Waals surface area contributed by atoms with Crippen molar-refractivity contribution in [1.82, 2.24) is 0 Å². The summed E-state index contributed by atoms with van der Waals surface area (Å²) in [5.41, 5.74) is 0. The minimum atomic E-state index is 0.416. The molecule has 0 fully saturated rings. The van der Waals surface area contributed by atoms with Crippen molar-refractivity contribution in [3.05, 3.63) is 0 Å². The number of rotatable bonds is 14. The molecule has 0 rings (SSSR count). The molecular weight excluding hydrogens is 232 g/mol. The molecule has 0 unspecified atom stereocenters. The standard InChI is InChI=1S/C10H22O7/c1-11-16-9-7-14-5-3-13-4-6-15-8-10-17-12-2/h3-10H2,1-2H3. The van der Waals surface area contributed by atoms with Crippen LogP contribution in [-0.2, 0) is 33.8 Å². The molecule has 104 valence electrons. The van der Waals surface area contributed by atoms with Crippen LogP contribution >= 0.6 is 0 Å². The lowest BCUT2D eigenvalue weighted by atomic mass is 10.7. The highest BCUT2D eigenvalue weighted by atomic mass is 17.2. The van der Waals surface area contributed by atoms with Gasteiger partial charge in [0.05, 0.1) is 53.9 Å². The van der Waals surface area contributed by atoms with Crippen LogP contribution in [0.5, 0.6) is 0 Å². The minimum Gasteiger partial charge on any atom is -0.377 e. The van der Waals surface area contributed by atoms with Crippen LogP contribution in [-0.4, -0.2) is 67.1 Å². The van der Waals surface area contributed by atoms with Crippen molar-refractivity contribution in [2.45, 2.75) is 0 Å². The highest BCUT2D eigenvalue weighted by Crippen LogP contribution is 1.83. The molecular formula is C10H22O7. The summed E-state index contributed by atoms with van der Waals surface area (Å²) in [4.78, 5) is 18.0. The fourth-order valence-corrected chi connectivity index (χ4v) is 0.894. The maximum atomic E-state index is 5.25. The van der Waals surface area contributed by atoms with Gasteiger partial charge in [-0.1, -0.05) is 0 Å². The van der Waals surface area contributed by atoms with Crippen molar-refractivity contribution >= 4 is 0 Å². The van der Waals surface area contributed by atoms with Gasteiger partial charge in [0.25, 0.3) is 0 Å².